The number of aromatic nitrogens is 2. The number of piperidine rings is 1. The summed E-state index contributed by atoms with van der Waals surface area (Å²) >= 11 is 0. The van der Waals surface area contributed by atoms with E-state index in [1.807, 2.05) is 18.2 Å². The molecule has 3 rings (SSSR count). The van der Waals surface area contributed by atoms with Gasteiger partial charge >= 0.3 is 0 Å². The topological polar surface area (TPSA) is 50.1 Å². The molecule has 2 N–H and O–H groups in total. The molecule has 2 unspecified atom stereocenters. The van der Waals surface area contributed by atoms with Gasteiger partial charge in [-0.1, -0.05) is 12.1 Å². The molecule has 108 valence electrons. The fraction of sp³-hybridized carbons (Fsp3) is 0.562. The van der Waals surface area contributed by atoms with E-state index in [0.717, 1.165) is 36.2 Å². The van der Waals surface area contributed by atoms with Crippen LogP contribution in [0.1, 0.15) is 45.5 Å². The van der Waals surface area contributed by atoms with Crippen molar-refractivity contribution in [2.45, 2.75) is 51.3 Å². The molecular formula is C16H23N3O. The number of rotatable bonds is 1. The fourth-order valence-corrected chi connectivity index (χ4v) is 3.09. The zero-order valence-electron chi connectivity index (χ0n) is 12.4. The highest BCUT2D eigenvalue weighted by molar-refractivity contribution is 5.76. The van der Waals surface area contributed by atoms with E-state index in [0.29, 0.717) is 0 Å². The van der Waals surface area contributed by atoms with Crippen LogP contribution in [0.15, 0.2) is 24.3 Å². The third-order valence-electron chi connectivity index (χ3n) is 3.96. The summed E-state index contributed by atoms with van der Waals surface area (Å²) in [6.45, 7) is 7.48. The maximum atomic E-state index is 10.3. The van der Waals surface area contributed by atoms with Crippen molar-refractivity contribution in [1.82, 2.24) is 14.9 Å². The maximum Gasteiger partial charge on any atom is 0.130 e. The molecule has 0 bridgehead atoms. The monoisotopic (exact) mass is 273 g/mol. The van der Waals surface area contributed by atoms with Crippen molar-refractivity contribution in [2.24, 2.45) is 0 Å². The van der Waals surface area contributed by atoms with Crippen molar-refractivity contribution in [1.29, 1.82) is 0 Å². The molecule has 4 heteroatoms. The summed E-state index contributed by atoms with van der Waals surface area (Å²) in [6, 6.07) is 8.12. The van der Waals surface area contributed by atoms with E-state index in [4.69, 9.17) is 4.98 Å². The van der Waals surface area contributed by atoms with Crippen LogP contribution >= 0.6 is 0 Å². The van der Waals surface area contributed by atoms with E-state index in [2.05, 4.69) is 36.7 Å². The summed E-state index contributed by atoms with van der Waals surface area (Å²) in [5.41, 5.74) is 2.07. The van der Waals surface area contributed by atoms with E-state index >= 15 is 0 Å². The molecule has 1 saturated heterocycles. The van der Waals surface area contributed by atoms with Gasteiger partial charge in [-0.2, -0.15) is 0 Å². The third kappa shape index (κ3) is 2.23. The molecule has 20 heavy (non-hydrogen) atoms. The first-order valence-electron chi connectivity index (χ1n) is 7.38. The molecule has 4 nitrogen and oxygen atoms in total. The number of fused-ring (bicyclic) bond motifs is 1. The highest BCUT2D eigenvalue weighted by Crippen LogP contribution is 2.31. The van der Waals surface area contributed by atoms with E-state index < -0.39 is 0 Å². The summed E-state index contributed by atoms with van der Waals surface area (Å²) in [5.74, 6) is 0.950. The Balaban J connectivity index is 2.19. The van der Waals surface area contributed by atoms with Crippen LogP contribution in [-0.4, -0.2) is 27.3 Å². The first kappa shape index (κ1) is 13.6. The van der Waals surface area contributed by atoms with E-state index in [1.165, 1.54) is 0 Å². The molecule has 2 heterocycles. The SMILES string of the molecule is CC(C)(C)n1c(C2NCCCC2O)nc2ccccc21. The van der Waals surface area contributed by atoms with Crippen LogP contribution in [0.3, 0.4) is 0 Å². The second-order valence-electron chi connectivity index (χ2n) is 6.61. The van der Waals surface area contributed by atoms with Crippen molar-refractivity contribution < 1.29 is 5.11 Å². The van der Waals surface area contributed by atoms with Crippen LogP contribution in [-0.2, 0) is 5.54 Å². The first-order chi connectivity index (χ1) is 9.48. The van der Waals surface area contributed by atoms with Crippen molar-refractivity contribution in [3.05, 3.63) is 30.1 Å². The standard InChI is InChI=1S/C16H23N3O/c1-16(2,3)19-12-8-5-4-7-11(12)18-15(19)14-13(20)9-6-10-17-14/h4-5,7-8,13-14,17,20H,6,9-10H2,1-3H3. The number of aliphatic hydroxyl groups is 1. The molecule has 0 saturated carbocycles. The lowest BCUT2D eigenvalue weighted by Gasteiger charge is -2.32. The zero-order chi connectivity index (χ0) is 14.3. The molecule has 1 aromatic heterocycles. The second kappa shape index (κ2) is 4.86. The fourth-order valence-electron chi connectivity index (χ4n) is 3.09. The minimum atomic E-state index is -0.360. The lowest BCUT2D eigenvalue weighted by Crippen LogP contribution is -2.40. The van der Waals surface area contributed by atoms with Crippen molar-refractivity contribution in [2.75, 3.05) is 6.54 Å². The predicted octanol–water partition coefficient (Wildman–Crippen LogP) is 2.58. The van der Waals surface area contributed by atoms with Crippen LogP contribution in [0, 0.1) is 0 Å². The molecule has 1 fully saturated rings. The van der Waals surface area contributed by atoms with Gasteiger partial charge < -0.3 is 15.0 Å². The quantitative estimate of drug-likeness (QED) is 0.839. The van der Waals surface area contributed by atoms with Crippen LogP contribution in [0.2, 0.25) is 0 Å². The van der Waals surface area contributed by atoms with Gasteiger partial charge in [0.15, 0.2) is 0 Å². The van der Waals surface area contributed by atoms with Gasteiger partial charge in [-0.25, -0.2) is 4.98 Å². The summed E-state index contributed by atoms with van der Waals surface area (Å²) in [5, 5.41) is 13.7. The Morgan fingerprint density at radius 3 is 2.75 bits per heavy atom. The number of hydrogen-bond acceptors (Lipinski definition) is 3. The molecule has 0 amide bonds. The molecule has 2 aromatic rings. The molecular weight excluding hydrogens is 250 g/mol. The zero-order valence-corrected chi connectivity index (χ0v) is 12.4. The van der Waals surface area contributed by atoms with Crippen molar-refractivity contribution >= 4 is 11.0 Å². The van der Waals surface area contributed by atoms with Gasteiger partial charge in [0.2, 0.25) is 0 Å². The van der Waals surface area contributed by atoms with Gasteiger partial charge in [-0.3, -0.25) is 0 Å². The molecule has 1 aliphatic heterocycles. The van der Waals surface area contributed by atoms with Crippen LogP contribution in [0.25, 0.3) is 11.0 Å². The van der Waals surface area contributed by atoms with Crippen LogP contribution in [0.4, 0.5) is 0 Å². The third-order valence-corrected chi connectivity index (χ3v) is 3.96. The van der Waals surface area contributed by atoms with E-state index in [9.17, 15) is 5.11 Å². The van der Waals surface area contributed by atoms with Gasteiger partial charge in [0, 0.05) is 5.54 Å². The van der Waals surface area contributed by atoms with Crippen molar-refractivity contribution in [3.63, 3.8) is 0 Å². The lowest BCUT2D eigenvalue weighted by molar-refractivity contribution is 0.0893. The first-order valence-corrected chi connectivity index (χ1v) is 7.38. The summed E-state index contributed by atoms with van der Waals surface area (Å²) in [4.78, 5) is 4.79. The van der Waals surface area contributed by atoms with Gasteiger partial charge in [0.1, 0.15) is 5.82 Å². The highest BCUT2D eigenvalue weighted by Gasteiger charge is 2.32. The number of para-hydroxylation sites is 2. The predicted molar refractivity (Wildman–Crippen MR) is 80.7 cm³/mol. The number of nitrogens with zero attached hydrogens (tertiary/aromatic N) is 2. The maximum absolute atomic E-state index is 10.3. The summed E-state index contributed by atoms with van der Waals surface area (Å²) in [6.07, 6.45) is 1.50. The van der Waals surface area contributed by atoms with Gasteiger partial charge in [-0.05, 0) is 52.3 Å². The average molecular weight is 273 g/mol. The van der Waals surface area contributed by atoms with Gasteiger partial charge in [0.05, 0.1) is 23.2 Å². The van der Waals surface area contributed by atoms with E-state index in [1.54, 1.807) is 0 Å². The number of nitrogens with one attached hydrogen (secondary N) is 1. The van der Waals surface area contributed by atoms with Gasteiger partial charge in [-0.15, -0.1) is 0 Å². The molecule has 0 radical (unpaired) electrons. The smallest absolute Gasteiger partial charge is 0.130 e. The Hall–Kier alpha value is -1.39. The molecule has 1 aliphatic rings. The normalized spacial score (nSPS) is 24.2. The highest BCUT2D eigenvalue weighted by atomic mass is 16.3. The van der Waals surface area contributed by atoms with Crippen LogP contribution < -0.4 is 5.32 Å². The Bertz CT molecular complexity index is 612. The van der Waals surface area contributed by atoms with Crippen LogP contribution in [0.5, 0.6) is 0 Å². The minimum absolute atomic E-state index is 0.0652. The minimum Gasteiger partial charge on any atom is -0.391 e. The second-order valence-corrected chi connectivity index (χ2v) is 6.61. The lowest BCUT2D eigenvalue weighted by atomic mass is 9.99. The number of hydrogen-bond donors (Lipinski definition) is 2. The Labute approximate surface area is 119 Å². The summed E-state index contributed by atoms with van der Waals surface area (Å²) in [7, 11) is 0. The number of imidazole rings is 1. The number of benzene rings is 1. The summed E-state index contributed by atoms with van der Waals surface area (Å²) < 4.78 is 2.26. The van der Waals surface area contributed by atoms with E-state index in [-0.39, 0.29) is 17.7 Å². The van der Waals surface area contributed by atoms with Crippen molar-refractivity contribution in [3.8, 4) is 0 Å². The average Bonchev–Trinajstić information content (AvgIpc) is 2.78. The Kier molecular flexibility index (Phi) is 3.30. The Morgan fingerprint density at radius 2 is 2.05 bits per heavy atom. The number of aliphatic hydroxyl groups excluding tert-OH is 1. The molecule has 0 spiro atoms. The largest absolute Gasteiger partial charge is 0.391 e. The molecule has 2 atom stereocenters. The Morgan fingerprint density at radius 1 is 1.30 bits per heavy atom. The molecule has 1 aromatic carbocycles. The van der Waals surface area contributed by atoms with Gasteiger partial charge in [0.25, 0.3) is 0 Å². The molecule has 0 aliphatic carbocycles.